The van der Waals surface area contributed by atoms with Crippen LogP contribution in [0.5, 0.6) is 11.5 Å². The Morgan fingerprint density at radius 3 is 2.48 bits per heavy atom. The van der Waals surface area contributed by atoms with Crippen LogP contribution in [0, 0.1) is 17.1 Å². The molecule has 0 saturated carbocycles. The molecule has 0 bridgehead atoms. The van der Waals surface area contributed by atoms with Crippen molar-refractivity contribution in [3.05, 3.63) is 58.4 Å². The summed E-state index contributed by atoms with van der Waals surface area (Å²) in [6.07, 6.45) is -2.85. The van der Waals surface area contributed by atoms with Crippen LogP contribution in [0.3, 0.4) is 0 Å². The maximum absolute atomic E-state index is 14.2. The summed E-state index contributed by atoms with van der Waals surface area (Å²) < 4.78 is 89.2. The second-order valence-corrected chi connectivity index (χ2v) is 6.23. The quantitative estimate of drug-likeness (QED) is 0.697. The van der Waals surface area contributed by atoms with E-state index in [1.165, 1.54) is 0 Å². The number of nitrogens with zero attached hydrogens (tertiary/aromatic N) is 1. The van der Waals surface area contributed by atoms with Crippen LogP contribution in [0.4, 0.5) is 26.3 Å². The SMILES string of the molecule is N#Cc1cc(F)cc(Oc2ccc3c4c2C(=O)C(F)C4C(F)(F)C3(F)F)c1. The number of nitriles is 1. The molecule has 0 amide bonds. The lowest BCUT2D eigenvalue weighted by atomic mass is 9.99. The third-order valence-corrected chi connectivity index (χ3v) is 4.68. The van der Waals surface area contributed by atoms with Gasteiger partial charge in [0.25, 0.3) is 0 Å². The summed E-state index contributed by atoms with van der Waals surface area (Å²) in [4.78, 5) is 12.1. The predicted octanol–water partition coefficient (Wildman–Crippen LogP) is 4.85. The number of rotatable bonds is 2. The Morgan fingerprint density at radius 2 is 1.81 bits per heavy atom. The first-order chi connectivity index (χ1) is 12.6. The third-order valence-electron chi connectivity index (χ3n) is 4.68. The van der Waals surface area contributed by atoms with Crippen molar-refractivity contribution in [1.29, 1.82) is 5.26 Å². The molecule has 4 rings (SSSR count). The van der Waals surface area contributed by atoms with Gasteiger partial charge in [-0.3, -0.25) is 4.79 Å². The largest absolute Gasteiger partial charge is 0.456 e. The van der Waals surface area contributed by atoms with Crippen molar-refractivity contribution in [3.8, 4) is 17.6 Å². The number of Topliss-reactive ketones (excluding diaryl/α,β-unsaturated/α-hetero) is 1. The molecule has 2 aliphatic rings. The number of ether oxygens (including phenoxy) is 1. The van der Waals surface area contributed by atoms with Crippen LogP contribution in [-0.4, -0.2) is 17.9 Å². The van der Waals surface area contributed by atoms with Crippen molar-refractivity contribution in [2.45, 2.75) is 23.9 Å². The second kappa shape index (κ2) is 5.25. The summed E-state index contributed by atoms with van der Waals surface area (Å²) in [7, 11) is 0. The molecular weight excluding hydrogens is 376 g/mol. The van der Waals surface area contributed by atoms with Crippen LogP contribution in [0.15, 0.2) is 30.3 Å². The fourth-order valence-electron chi connectivity index (χ4n) is 3.52. The zero-order valence-electron chi connectivity index (χ0n) is 13.1. The van der Waals surface area contributed by atoms with E-state index >= 15 is 0 Å². The fourth-order valence-corrected chi connectivity index (χ4v) is 3.52. The normalized spacial score (nSPS) is 23.8. The fraction of sp³-hybridized carbons (Fsp3) is 0.222. The van der Waals surface area contributed by atoms with Crippen molar-refractivity contribution < 1.29 is 35.9 Å². The average molecular weight is 383 g/mol. The van der Waals surface area contributed by atoms with Gasteiger partial charge in [-0.25, -0.2) is 8.78 Å². The molecule has 27 heavy (non-hydrogen) atoms. The molecule has 0 fully saturated rings. The molecule has 0 aromatic heterocycles. The topological polar surface area (TPSA) is 50.1 Å². The zero-order valence-corrected chi connectivity index (χ0v) is 13.1. The lowest BCUT2D eigenvalue weighted by molar-refractivity contribution is -0.219. The molecule has 3 nitrogen and oxygen atoms in total. The monoisotopic (exact) mass is 383 g/mol. The number of alkyl halides is 5. The summed E-state index contributed by atoms with van der Waals surface area (Å²) in [6, 6.07) is 5.96. The first-order valence-corrected chi connectivity index (χ1v) is 7.59. The Kier molecular flexibility index (Phi) is 3.38. The zero-order chi connectivity index (χ0) is 19.7. The molecule has 0 N–H and O–H groups in total. The van der Waals surface area contributed by atoms with Crippen LogP contribution >= 0.6 is 0 Å². The number of carbonyl (C=O) groups excluding carboxylic acids is 1. The number of carbonyl (C=O) groups is 1. The summed E-state index contributed by atoms with van der Waals surface area (Å²) in [5.41, 5.74) is -2.78. The summed E-state index contributed by atoms with van der Waals surface area (Å²) >= 11 is 0. The van der Waals surface area contributed by atoms with Gasteiger partial charge in [0.15, 0.2) is 6.17 Å². The number of hydrogen-bond acceptors (Lipinski definition) is 3. The molecule has 0 heterocycles. The van der Waals surface area contributed by atoms with Crippen LogP contribution in [-0.2, 0) is 5.92 Å². The maximum Gasteiger partial charge on any atom is 0.336 e. The minimum Gasteiger partial charge on any atom is -0.456 e. The van der Waals surface area contributed by atoms with Crippen molar-refractivity contribution >= 4 is 5.78 Å². The molecular formula is C18H7F6NO2. The highest BCUT2D eigenvalue weighted by molar-refractivity contribution is 6.08. The van der Waals surface area contributed by atoms with Gasteiger partial charge >= 0.3 is 11.8 Å². The van der Waals surface area contributed by atoms with Gasteiger partial charge in [-0.2, -0.15) is 22.8 Å². The standard InChI is InChI=1S/C18H7F6NO2/c19-8-3-7(6-25)4-9(5-8)27-11-2-1-10-12-13(11)16(26)15(20)14(12)18(23,24)17(10,21)22/h1-5,14-15H. The summed E-state index contributed by atoms with van der Waals surface area (Å²) in [5.74, 6) is -15.0. The Balaban J connectivity index is 1.88. The van der Waals surface area contributed by atoms with E-state index in [2.05, 4.69) is 0 Å². The van der Waals surface area contributed by atoms with Crippen molar-refractivity contribution in [2.75, 3.05) is 0 Å². The molecule has 2 aromatic carbocycles. The highest BCUT2D eigenvalue weighted by Crippen LogP contribution is 2.64. The Bertz CT molecular complexity index is 1040. The molecule has 2 aromatic rings. The lowest BCUT2D eigenvalue weighted by Gasteiger charge is -2.24. The summed E-state index contributed by atoms with van der Waals surface area (Å²) in [5, 5.41) is 8.84. The van der Waals surface area contributed by atoms with Gasteiger partial charge in [0.2, 0.25) is 5.78 Å². The Labute approximate surface area is 147 Å². The highest BCUT2D eigenvalue weighted by atomic mass is 19.3. The number of hydrogen-bond donors (Lipinski definition) is 0. The smallest absolute Gasteiger partial charge is 0.336 e. The molecule has 2 aliphatic carbocycles. The first kappa shape index (κ1) is 17.4. The minimum atomic E-state index is -4.78. The van der Waals surface area contributed by atoms with E-state index in [9.17, 15) is 31.1 Å². The van der Waals surface area contributed by atoms with Crippen LogP contribution in [0.25, 0.3) is 0 Å². The van der Waals surface area contributed by atoms with E-state index in [1.807, 2.05) is 0 Å². The number of benzene rings is 2. The predicted molar refractivity (Wildman–Crippen MR) is 78.4 cm³/mol. The molecule has 0 spiro atoms. The molecule has 0 aliphatic heterocycles. The second-order valence-electron chi connectivity index (χ2n) is 6.23. The number of ketones is 1. The van der Waals surface area contributed by atoms with E-state index < -0.39 is 58.0 Å². The van der Waals surface area contributed by atoms with Crippen LogP contribution < -0.4 is 4.74 Å². The highest BCUT2D eigenvalue weighted by Gasteiger charge is 2.74. The van der Waals surface area contributed by atoms with Gasteiger partial charge < -0.3 is 4.74 Å². The van der Waals surface area contributed by atoms with E-state index in [-0.39, 0.29) is 11.3 Å². The van der Waals surface area contributed by atoms with E-state index in [0.717, 1.165) is 24.3 Å². The van der Waals surface area contributed by atoms with Gasteiger partial charge in [-0.05, 0) is 29.8 Å². The third kappa shape index (κ3) is 2.13. The van der Waals surface area contributed by atoms with Gasteiger partial charge in [0.1, 0.15) is 17.3 Å². The molecule has 138 valence electrons. The molecule has 2 atom stereocenters. The van der Waals surface area contributed by atoms with E-state index in [0.29, 0.717) is 6.07 Å². The summed E-state index contributed by atoms with van der Waals surface area (Å²) in [6.45, 7) is 0. The van der Waals surface area contributed by atoms with Gasteiger partial charge in [0.05, 0.1) is 23.1 Å². The van der Waals surface area contributed by atoms with Crippen molar-refractivity contribution in [1.82, 2.24) is 0 Å². The minimum absolute atomic E-state index is 0.131. The van der Waals surface area contributed by atoms with Crippen molar-refractivity contribution in [3.63, 3.8) is 0 Å². The van der Waals surface area contributed by atoms with Crippen LogP contribution in [0.1, 0.15) is 33.0 Å². The lowest BCUT2D eigenvalue weighted by Crippen LogP contribution is -2.40. The molecule has 0 radical (unpaired) electrons. The Morgan fingerprint density at radius 1 is 1.11 bits per heavy atom. The van der Waals surface area contributed by atoms with E-state index in [4.69, 9.17) is 10.00 Å². The molecule has 9 heteroatoms. The Hall–Kier alpha value is -3.02. The van der Waals surface area contributed by atoms with Crippen molar-refractivity contribution in [2.24, 2.45) is 0 Å². The first-order valence-electron chi connectivity index (χ1n) is 7.59. The molecule has 0 saturated heterocycles. The number of halogens is 6. The van der Waals surface area contributed by atoms with Gasteiger partial charge in [0, 0.05) is 11.6 Å². The van der Waals surface area contributed by atoms with Gasteiger partial charge in [-0.1, -0.05) is 0 Å². The van der Waals surface area contributed by atoms with Gasteiger partial charge in [-0.15, -0.1) is 0 Å². The average Bonchev–Trinajstić information content (AvgIpc) is 2.94. The van der Waals surface area contributed by atoms with Crippen LogP contribution in [0.2, 0.25) is 0 Å². The molecule has 2 unspecified atom stereocenters. The maximum atomic E-state index is 14.2. The van der Waals surface area contributed by atoms with E-state index in [1.54, 1.807) is 6.07 Å².